The van der Waals surface area contributed by atoms with E-state index in [1.807, 2.05) is 0 Å². The number of anilines is 2. The van der Waals surface area contributed by atoms with E-state index in [9.17, 15) is 9.18 Å². The van der Waals surface area contributed by atoms with Crippen LogP contribution in [0.3, 0.4) is 0 Å². The Morgan fingerprint density at radius 2 is 2.07 bits per heavy atom. The maximum absolute atomic E-state index is 13.8. The summed E-state index contributed by atoms with van der Waals surface area (Å²) in [4.78, 5) is 18.3. The minimum absolute atomic E-state index is 0.0934. The molecule has 0 aliphatic heterocycles. The monoisotopic (exact) mass is 383 g/mol. The molecule has 0 aliphatic carbocycles. The van der Waals surface area contributed by atoms with Crippen LogP contribution in [0.25, 0.3) is 15.9 Å². The molecule has 0 unspecified atom stereocenters. The van der Waals surface area contributed by atoms with Gasteiger partial charge in [-0.05, 0) is 46.8 Å². The van der Waals surface area contributed by atoms with E-state index in [0.717, 1.165) is 10.4 Å². The second-order valence-corrected chi connectivity index (χ2v) is 6.80. The Hall–Kier alpha value is -3.40. The van der Waals surface area contributed by atoms with Gasteiger partial charge in [-0.2, -0.15) is 0 Å². The minimum atomic E-state index is -0.365. The Labute approximate surface area is 157 Å². The molecule has 0 spiro atoms. The van der Waals surface area contributed by atoms with Crippen LogP contribution in [0, 0.1) is 5.82 Å². The first-order valence-corrected chi connectivity index (χ1v) is 8.81. The van der Waals surface area contributed by atoms with E-state index in [1.54, 1.807) is 48.3 Å². The van der Waals surface area contributed by atoms with Crippen molar-refractivity contribution in [3.8, 4) is 5.69 Å². The quantitative estimate of drug-likeness (QED) is 0.570. The third kappa shape index (κ3) is 3.60. The summed E-state index contributed by atoms with van der Waals surface area (Å²) in [5, 5.41) is 14.4. The number of tetrazole rings is 1. The number of fused-ring (bicyclic) bond motifs is 1. The molecular weight excluding hydrogens is 369 g/mol. The van der Waals surface area contributed by atoms with Gasteiger partial charge in [-0.1, -0.05) is 17.4 Å². The topological polar surface area (TPSA) is 88.8 Å². The molecule has 0 fully saturated rings. The number of likely N-dealkylation sites (N-methyl/N-ethyl adjacent to an activating group) is 1. The third-order valence-corrected chi connectivity index (χ3v) is 4.97. The first-order valence-electron chi connectivity index (χ1n) is 7.99. The number of aromatic nitrogens is 5. The van der Waals surface area contributed by atoms with Crippen LogP contribution in [0.5, 0.6) is 0 Å². The van der Waals surface area contributed by atoms with Crippen LogP contribution in [-0.2, 0) is 4.79 Å². The molecule has 8 nitrogen and oxygen atoms in total. The summed E-state index contributed by atoms with van der Waals surface area (Å²) in [5.41, 5.74) is 1.76. The number of carbonyl (C=O) groups excluding carboxylic acids is 1. The lowest BCUT2D eigenvalue weighted by Crippen LogP contribution is -2.29. The van der Waals surface area contributed by atoms with Crippen LogP contribution >= 0.6 is 11.3 Å². The number of carbonyl (C=O) groups is 1. The molecule has 27 heavy (non-hydrogen) atoms. The van der Waals surface area contributed by atoms with Crippen molar-refractivity contribution in [2.75, 3.05) is 23.8 Å². The zero-order valence-electron chi connectivity index (χ0n) is 14.2. The lowest BCUT2D eigenvalue weighted by molar-refractivity contribution is -0.114. The largest absolute Gasteiger partial charge is 0.342 e. The van der Waals surface area contributed by atoms with Crippen molar-refractivity contribution < 1.29 is 9.18 Å². The van der Waals surface area contributed by atoms with Crippen molar-refractivity contribution in [1.29, 1.82) is 0 Å². The van der Waals surface area contributed by atoms with Gasteiger partial charge in [0.05, 0.1) is 16.9 Å². The molecular formula is C17H14FN7OS. The van der Waals surface area contributed by atoms with E-state index >= 15 is 0 Å². The number of amides is 1. The van der Waals surface area contributed by atoms with Gasteiger partial charge in [0, 0.05) is 12.7 Å². The van der Waals surface area contributed by atoms with Crippen LogP contribution in [0.1, 0.15) is 0 Å². The number of nitrogens with one attached hydrogen (secondary N) is 1. The maximum Gasteiger partial charge on any atom is 0.243 e. The van der Waals surface area contributed by atoms with Gasteiger partial charge in [0.15, 0.2) is 5.13 Å². The summed E-state index contributed by atoms with van der Waals surface area (Å²) in [7, 11) is 1.75. The van der Waals surface area contributed by atoms with Gasteiger partial charge in [0.1, 0.15) is 17.7 Å². The second kappa shape index (κ2) is 7.08. The summed E-state index contributed by atoms with van der Waals surface area (Å²) in [6, 6.07) is 11.9. The molecule has 2 aromatic carbocycles. The van der Waals surface area contributed by atoms with Gasteiger partial charge < -0.3 is 10.2 Å². The molecule has 0 saturated carbocycles. The van der Waals surface area contributed by atoms with E-state index < -0.39 is 0 Å². The first-order chi connectivity index (χ1) is 13.1. The molecule has 0 radical (unpaired) electrons. The summed E-state index contributed by atoms with van der Waals surface area (Å²) in [6.07, 6.45) is 1.49. The summed E-state index contributed by atoms with van der Waals surface area (Å²) in [5.74, 6) is -0.567. The Bertz CT molecular complexity index is 1080. The molecule has 1 N–H and O–H groups in total. The molecule has 2 aromatic heterocycles. The van der Waals surface area contributed by atoms with Gasteiger partial charge in [0.25, 0.3) is 0 Å². The average Bonchev–Trinajstić information content (AvgIpc) is 3.33. The molecule has 4 aromatic rings. The number of rotatable bonds is 5. The van der Waals surface area contributed by atoms with Gasteiger partial charge in [-0.15, -0.1) is 5.10 Å². The predicted octanol–water partition coefficient (Wildman–Crippen LogP) is 2.49. The Morgan fingerprint density at radius 3 is 2.78 bits per heavy atom. The molecule has 1 amide bonds. The van der Waals surface area contributed by atoms with E-state index in [4.69, 9.17) is 0 Å². The van der Waals surface area contributed by atoms with Crippen molar-refractivity contribution in [3.63, 3.8) is 0 Å². The molecule has 10 heteroatoms. The number of hydrogen-bond acceptors (Lipinski definition) is 7. The second-order valence-electron chi connectivity index (χ2n) is 5.79. The highest BCUT2D eigenvalue weighted by molar-refractivity contribution is 7.22. The summed E-state index contributed by atoms with van der Waals surface area (Å²) in [6.45, 7) is 0.0934. The Balaban J connectivity index is 1.41. The number of para-hydroxylation sites is 1. The lowest BCUT2D eigenvalue weighted by atomic mass is 10.3. The lowest BCUT2D eigenvalue weighted by Gasteiger charge is -2.15. The predicted molar refractivity (Wildman–Crippen MR) is 101 cm³/mol. The molecule has 2 heterocycles. The number of thiazole rings is 1. The highest BCUT2D eigenvalue weighted by Crippen LogP contribution is 2.29. The molecule has 136 valence electrons. The highest BCUT2D eigenvalue weighted by Gasteiger charge is 2.14. The van der Waals surface area contributed by atoms with Gasteiger partial charge in [0.2, 0.25) is 5.91 Å². The summed E-state index contributed by atoms with van der Waals surface area (Å²) >= 11 is 1.34. The van der Waals surface area contributed by atoms with Crippen LogP contribution < -0.4 is 10.2 Å². The normalized spacial score (nSPS) is 10.9. The van der Waals surface area contributed by atoms with Crippen LogP contribution in [0.4, 0.5) is 15.2 Å². The van der Waals surface area contributed by atoms with Crippen LogP contribution in [-0.4, -0.2) is 44.7 Å². The Morgan fingerprint density at radius 1 is 1.26 bits per heavy atom. The minimum Gasteiger partial charge on any atom is -0.342 e. The molecule has 0 atom stereocenters. The fraction of sp³-hybridized carbons (Fsp3) is 0.118. The maximum atomic E-state index is 13.8. The van der Waals surface area contributed by atoms with E-state index in [1.165, 1.54) is 28.4 Å². The van der Waals surface area contributed by atoms with Crippen molar-refractivity contribution in [3.05, 3.63) is 54.6 Å². The van der Waals surface area contributed by atoms with Gasteiger partial charge in [-0.25, -0.2) is 14.1 Å². The molecule has 4 rings (SSSR count). The Kier molecular flexibility index (Phi) is 4.47. The smallest absolute Gasteiger partial charge is 0.243 e. The fourth-order valence-electron chi connectivity index (χ4n) is 2.53. The van der Waals surface area contributed by atoms with Crippen LogP contribution in [0.2, 0.25) is 0 Å². The number of hydrogen-bond donors (Lipinski definition) is 1. The standard InChI is InChI=1S/C17H14FN7OS/c1-24(17-21-16-13(18)3-2-4-14(16)27-17)9-15(26)20-11-5-7-12(8-6-11)25-10-19-22-23-25/h2-8,10H,9H2,1H3,(H,20,26). The molecule has 0 saturated heterocycles. The highest BCUT2D eigenvalue weighted by atomic mass is 32.1. The van der Waals surface area contributed by atoms with Crippen molar-refractivity contribution >= 4 is 38.3 Å². The van der Waals surface area contributed by atoms with Gasteiger partial charge >= 0.3 is 0 Å². The van der Waals surface area contributed by atoms with Crippen LogP contribution in [0.15, 0.2) is 48.8 Å². The van der Waals surface area contributed by atoms with E-state index in [2.05, 4.69) is 25.8 Å². The van der Waals surface area contributed by atoms with Crippen molar-refractivity contribution in [2.45, 2.75) is 0 Å². The SMILES string of the molecule is CN(CC(=O)Nc1ccc(-n2cnnn2)cc1)c1nc2c(F)cccc2s1. The third-order valence-electron chi connectivity index (χ3n) is 3.83. The van der Waals surface area contributed by atoms with E-state index in [0.29, 0.717) is 16.3 Å². The van der Waals surface area contributed by atoms with Gasteiger partial charge in [-0.3, -0.25) is 4.79 Å². The fourth-order valence-corrected chi connectivity index (χ4v) is 3.47. The number of nitrogens with zero attached hydrogens (tertiary/aromatic N) is 6. The van der Waals surface area contributed by atoms with Crippen molar-refractivity contribution in [1.82, 2.24) is 25.2 Å². The summed E-state index contributed by atoms with van der Waals surface area (Å²) < 4.78 is 16.0. The zero-order chi connectivity index (χ0) is 18.8. The van der Waals surface area contributed by atoms with E-state index in [-0.39, 0.29) is 18.3 Å². The first kappa shape index (κ1) is 17.0. The number of halogens is 1. The molecule has 0 aliphatic rings. The average molecular weight is 383 g/mol. The number of benzene rings is 2. The van der Waals surface area contributed by atoms with Crippen molar-refractivity contribution in [2.24, 2.45) is 0 Å². The zero-order valence-corrected chi connectivity index (χ0v) is 15.0. The molecule has 0 bridgehead atoms.